The molecule has 0 radical (unpaired) electrons. The molecule has 6 nitrogen and oxygen atoms in total. The summed E-state index contributed by atoms with van der Waals surface area (Å²) in [7, 11) is 0. The van der Waals surface area contributed by atoms with Crippen molar-refractivity contribution in [2.24, 2.45) is 5.41 Å². The van der Waals surface area contributed by atoms with Crippen molar-refractivity contribution in [2.45, 2.75) is 40.2 Å². The van der Waals surface area contributed by atoms with Crippen molar-refractivity contribution >= 4 is 11.9 Å². The Labute approximate surface area is 126 Å². The minimum atomic E-state index is -0.893. The topological polar surface area (TPSA) is 84.9 Å². The van der Waals surface area contributed by atoms with Crippen LogP contribution >= 0.6 is 0 Å². The number of nitrogens with one attached hydrogen (secondary N) is 1. The zero-order chi connectivity index (χ0) is 16.5. The van der Waals surface area contributed by atoms with E-state index in [9.17, 15) is 14.7 Å². The number of ether oxygens (including phenoxy) is 2. The van der Waals surface area contributed by atoms with E-state index in [1.54, 1.807) is 0 Å². The highest BCUT2D eigenvalue weighted by molar-refractivity contribution is 5.86. The summed E-state index contributed by atoms with van der Waals surface area (Å²) in [6.45, 7) is 11.2. The van der Waals surface area contributed by atoms with Gasteiger partial charge in [0.15, 0.2) is 0 Å². The molecule has 1 atom stereocenters. The summed E-state index contributed by atoms with van der Waals surface area (Å²) < 4.78 is 9.99. The van der Waals surface area contributed by atoms with Gasteiger partial charge in [-0.15, -0.1) is 0 Å². The van der Waals surface area contributed by atoms with Gasteiger partial charge in [0, 0.05) is 17.5 Å². The van der Waals surface area contributed by atoms with Gasteiger partial charge in [0.2, 0.25) is 5.91 Å². The molecule has 0 aromatic carbocycles. The molecule has 6 heteroatoms. The average Bonchev–Trinajstić information content (AvgIpc) is 2.43. The van der Waals surface area contributed by atoms with Gasteiger partial charge in [-0.05, 0) is 13.3 Å². The zero-order valence-corrected chi connectivity index (χ0v) is 13.4. The molecule has 1 amide bonds. The van der Waals surface area contributed by atoms with E-state index in [1.165, 1.54) is 6.92 Å². The number of esters is 1. The number of hydrogen-bond acceptors (Lipinski definition) is 5. The van der Waals surface area contributed by atoms with E-state index in [0.717, 1.165) is 6.42 Å². The predicted molar refractivity (Wildman–Crippen MR) is 79.7 cm³/mol. The van der Waals surface area contributed by atoms with Crippen molar-refractivity contribution in [1.29, 1.82) is 0 Å². The molecule has 0 aliphatic carbocycles. The van der Waals surface area contributed by atoms with Gasteiger partial charge < -0.3 is 19.9 Å². The molecule has 0 aromatic rings. The molecular formula is C15H27NO5. The molecular weight excluding hydrogens is 274 g/mol. The summed E-state index contributed by atoms with van der Waals surface area (Å²) in [4.78, 5) is 22.9. The van der Waals surface area contributed by atoms with E-state index in [2.05, 4.69) is 11.9 Å². The van der Waals surface area contributed by atoms with Crippen molar-refractivity contribution in [3.8, 4) is 0 Å². The first-order valence-electron chi connectivity index (χ1n) is 7.07. The normalized spacial score (nSPS) is 12.6. The van der Waals surface area contributed by atoms with Gasteiger partial charge in [0.1, 0.15) is 12.7 Å². The van der Waals surface area contributed by atoms with Gasteiger partial charge in [-0.3, -0.25) is 4.79 Å². The Hall–Kier alpha value is -1.40. The number of amides is 1. The Bertz CT molecular complexity index is 365. The first-order valence-corrected chi connectivity index (χ1v) is 7.07. The highest BCUT2D eigenvalue weighted by atomic mass is 16.5. The van der Waals surface area contributed by atoms with Crippen molar-refractivity contribution in [3.63, 3.8) is 0 Å². The van der Waals surface area contributed by atoms with Crippen molar-refractivity contribution in [3.05, 3.63) is 12.2 Å². The Morgan fingerprint density at radius 1 is 1.33 bits per heavy atom. The summed E-state index contributed by atoms with van der Waals surface area (Å²) in [6.07, 6.45) is -0.136. The second-order valence-electron chi connectivity index (χ2n) is 5.60. The number of carbonyl (C=O) groups is 2. The van der Waals surface area contributed by atoms with E-state index in [4.69, 9.17) is 9.47 Å². The quantitative estimate of drug-likeness (QED) is 0.358. The minimum absolute atomic E-state index is 0.0236. The maximum Gasteiger partial charge on any atom is 0.333 e. The lowest BCUT2D eigenvalue weighted by atomic mass is 9.89. The second-order valence-corrected chi connectivity index (χ2v) is 5.60. The van der Waals surface area contributed by atoms with Gasteiger partial charge in [0.25, 0.3) is 0 Å². The first-order chi connectivity index (χ1) is 9.70. The fourth-order valence-corrected chi connectivity index (χ4v) is 1.20. The van der Waals surface area contributed by atoms with Crippen molar-refractivity contribution < 1.29 is 24.2 Å². The fourth-order valence-electron chi connectivity index (χ4n) is 1.20. The smallest absolute Gasteiger partial charge is 0.333 e. The Morgan fingerprint density at radius 2 is 1.95 bits per heavy atom. The van der Waals surface area contributed by atoms with Gasteiger partial charge in [0.05, 0.1) is 13.2 Å². The number of rotatable bonds is 10. The van der Waals surface area contributed by atoms with E-state index >= 15 is 0 Å². The third-order valence-corrected chi connectivity index (χ3v) is 3.10. The predicted octanol–water partition coefficient (Wildman–Crippen LogP) is 1.04. The SMILES string of the molecule is C=C(C)C(=O)OCC(O)COCCNC(=O)C(C)(C)CC. The fraction of sp³-hybridized carbons (Fsp3) is 0.733. The lowest BCUT2D eigenvalue weighted by Gasteiger charge is -2.21. The lowest BCUT2D eigenvalue weighted by molar-refractivity contribution is -0.143. The largest absolute Gasteiger partial charge is 0.460 e. The Morgan fingerprint density at radius 3 is 2.48 bits per heavy atom. The Kier molecular flexibility index (Phi) is 8.89. The zero-order valence-electron chi connectivity index (χ0n) is 13.4. The molecule has 0 saturated heterocycles. The average molecular weight is 301 g/mol. The molecule has 122 valence electrons. The van der Waals surface area contributed by atoms with Crippen LogP contribution in [0, 0.1) is 5.41 Å². The second kappa shape index (κ2) is 9.52. The molecule has 0 aromatic heterocycles. The van der Waals surface area contributed by atoms with E-state index < -0.39 is 17.5 Å². The van der Waals surface area contributed by atoms with E-state index in [-0.39, 0.29) is 31.3 Å². The molecule has 21 heavy (non-hydrogen) atoms. The van der Waals surface area contributed by atoms with E-state index in [1.807, 2.05) is 20.8 Å². The highest BCUT2D eigenvalue weighted by Crippen LogP contribution is 2.18. The number of aliphatic hydroxyl groups is 1. The molecule has 1 unspecified atom stereocenters. The van der Waals surface area contributed by atoms with Crippen LogP contribution in [0.5, 0.6) is 0 Å². The third kappa shape index (κ3) is 8.47. The van der Waals surface area contributed by atoms with Crippen molar-refractivity contribution in [1.82, 2.24) is 5.32 Å². The third-order valence-electron chi connectivity index (χ3n) is 3.10. The lowest BCUT2D eigenvalue weighted by Crippen LogP contribution is -2.38. The molecule has 0 saturated carbocycles. The molecule has 0 spiro atoms. The number of aliphatic hydroxyl groups excluding tert-OH is 1. The summed E-state index contributed by atoms with van der Waals surface area (Å²) in [6, 6.07) is 0. The molecule has 0 aliphatic heterocycles. The van der Waals surface area contributed by atoms with Crippen LogP contribution in [-0.2, 0) is 19.1 Å². The summed E-state index contributed by atoms with van der Waals surface area (Å²) in [5.41, 5.74) is -0.111. The summed E-state index contributed by atoms with van der Waals surface area (Å²) in [5.74, 6) is -0.562. The molecule has 0 fully saturated rings. The molecule has 0 heterocycles. The number of hydrogen-bond donors (Lipinski definition) is 2. The maximum absolute atomic E-state index is 11.8. The number of carbonyl (C=O) groups excluding carboxylic acids is 2. The van der Waals surface area contributed by atoms with Crippen LogP contribution in [0.4, 0.5) is 0 Å². The molecule has 2 N–H and O–H groups in total. The summed E-state index contributed by atoms with van der Waals surface area (Å²) in [5, 5.41) is 12.3. The van der Waals surface area contributed by atoms with Gasteiger partial charge in [-0.1, -0.05) is 27.4 Å². The molecule has 0 aliphatic rings. The maximum atomic E-state index is 11.8. The Balaban J connectivity index is 3.70. The van der Waals surface area contributed by atoms with Crippen LogP contribution in [0.3, 0.4) is 0 Å². The minimum Gasteiger partial charge on any atom is -0.460 e. The standard InChI is InChI=1S/C15H27NO5/c1-6-15(4,5)14(19)16-7-8-20-9-12(17)10-21-13(18)11(2)3/h12,17H,2,6-10H2,1,3-5H3,(H,16,19). The molecule has 0 bridgehead atoms. The monoisotopic (exact) mass is 301 g/mol. The van der Waals surface area contributed by atoms with Gasteiger partial charge >= 0.3 is 5.97 Å². The first kappa shape index (κ1) is 19.6. The van der Waals surface area contributed by atoms with Gasteiger partial charge in [-0.25, -0.2) is 4.79 Å². The molecule has 0 rings (SSSR count). The highest BCUT2D eigenvalue weighted by Gasteiger charge is 2.24. The van der Waals surface area contributed by atoms with Crippen molar-refractivity contribution in [2.75, 3.05) is 26.4 Å². The van der Waals surface area contributed by atoms with Crippen LogP contribution in [-0.4, -0.2) is 49.5 Å². The van der Waals surface area contributed by atoms with Crippen LogP contribution in [0.1, 0.15) is 34.1 Å². The van der Waals surface area contributed by atoms with Crippen LogP contribution in [0.25, 0.3) is 0 Å². The summed E-state index contributed by atoms with van der Waals surface area (Å²) >= 11 is 0. The van der Waals surface area contributed by atoms with Crippen LogP contribution in [0.15, 0.2) is 12.2 Å². The van der Waals surface area contributed by atoms with Crippen LogP contribution < -0.4 is 5.32 Å². The van der Waals surface area contributed by atoms with Gasteiger partial charge in [-0.2, -0.15) is 0 Å². The van der Waals surface area contributed by atoms with Crippen LogP contribution in [0.2, 0.25) is 0 Å². The van der Waals surface area contributed by atoms with E-state index in [0.29, 0.717) is 6.54 Å².